The van der Waals surface area contributed by atoms with Crippen molar-refractivity contribution in [2.24, 2.45) is 5.92 Å². The average Bonchev–Trinajstić information content (AvgIpc) is 2.75. The van der Waals surface area contributed by atoms with Crippen LogP contribution in [0.2, 0.25) is 0 Å². The van der Waals surface area contributed by atoms with Gasteiger partial charge in [0.05, 0.1) is 11.9 Å². The van der Waals surface area contributed by atoms with Gasteiger partial charge in [-0.25, -0.2) is 14.2 Å². The molecule has 1 aromatic heterocycles. The average molecular weight is 505 g/mol. The molecular formula is C23H32F4N4O4. The number of aliphatic hydroxyl groups is 1. The zero-order valence-electron chi connectivity index (χ0n) is 20.0. The van der Waals surface area contributed by atoms with Crippen molar-refractivity contribution in [3.63, 3.8) is 0 Å². The van der Waals surface area contributed by atoms with E-state index in [1.165, 1.54) is 0 Å². The Morgan fingerprint density at radius 3 is 2.26 bits per heavy atom. The van der Waals surface area contributed by atoms with E-state index in [-0.39, 0.29) is 35.8 Å². The summed E-state index contributed by atoms with van der Waals surface area (Å²) in [4.78, 5) is 30.4. The van der Waals surface area contributed by atoms with Crippen molar-refractivity contribution in [2.45, 2.75) is 82.6 Å². The Labute approximate surface area is 201 Å². The Kier molecular flexibility index (Phi) is 7.54. The number of carbonyl (C=O) groups excluding carboxylic acids is 2. The van der Waals surface area contributed by atoms with Crippen LogP contribution in [0.3, 0.4) is 0 Å². The molecule has 2 fully saturated rings. The number of nitrogens with one attached hydrogen (secondary N) is 1. The van der Waals surface area contributed by atoms with Gasteiger partial charge >= 0.3 is 12.3 Å². The van der Waals surface area contributed by atoms with Crippen LogP contribution in [0, 0.1) is 11.7 Å². The number of likely N-dealkylation sites (tertiary alicyclic amines) is 1. The number of aromatic nitrogens is 1. The molecule has 1 aromatic rings. The number of nitrogen functional groups attached to an aromatic ring is 1. The number of anilines is 2. The third-order valence-electron chi connectivity index (χ3n) is 6.62. The number of pyridine rings is 1. The molecule has 1 saturated carbocycles. The normalized spacial score (nSPS) is 24.2. The summed E-state index contributed by atoms with van der Waals surface area (Å²) >= 11 is 0. The summed E-state index contributed by atoms with van der Waals surface area (Å²) in [5, 5.41) is 12.3. The van der Waals surface area contributed by atoms with Crippen LogP contribution in [-0.4, -0.2) is 57.5 Å². The number of halogens is 4. The molecule has 4 N–H and O–H groups in total. The second-order valence-electron chi connectivity index (χ2n) is 10.3. The van der Waals surface area contributed by atoms with Gasteiger partial charge in [-0.15, -0.1) is 0 Å². The van der Waals surface area contributed by atoms with Gasteiger partial charge in [0.15, 0.2) is 11.4 Å². The number of nitrogens with zero attached hydrogens (tertiary/aromatic N) is 2. The van der Waals surface area contributed by atoms with Gasteiger partial charge in [-0.2, -0.15) is 13.2 Å². The molecule has 0 atom stereocenters. The van der Waals surface area contributed by atoms with Gasteiger partial charge in [0.25, 0.3) is 0 Å². The summed E-state index contributed by atoms with van der Waals surface area (Å²) < 4.78 is 59.1. The van der Waals surface area contributed by atoms with Crippen molar-refractivity contribution in [3.8, 4) is 0 Å². The lowest BCUT2D eigenvalue weighted by molar-refractivity contribution is -0.271. The minimum absolute atomic E-state index is 0.0447. The quantitative estimate of drug-likeness (QED) is 0.527. The molecule has 1 saturated heterocycles. The molecule has 2 amide bonds. The third-order valence-corrected chi connectivity index (χ3v) is 6.62. The summed E-state index contributed by atoms with van der Waals surface area (Å²) in [5.41, 5.74) is 2.88. The van der Waals surface area contributed by atoms with Gasteiger partial charge in [0.2, 0.25) is 5.91 Å². The van der Waals surface area contributed by atoms with E-state index in [1.54, 1.807) is 25.7 Å². The van der Waals surface area contributed by atoms with Crippen LogP contribution >= 0.6 is 0 Å². The van der Waals surface area contributed by atoms with Gasteiger partial charge in [0, 0.05) is 24.6 Å². The van der Waals surface area contributed by atoms with Gasteiger partial charge in [-0.3, -0.25) is 4.79 Å². The first-order valence-electron chi connectivity index (χ1n) is 11.6. The molecule has 0 aromatic carbocycles. The number of piperidine rings is 1. The van der Waals surface area contributed by atoms with Gasteiger partial charge in [-0.05, 0) is 65.2 Å². The molecule has 8 nitrogen and oxygen atoms in total. The molecule has 0 bridgehead atoms. The van der Waals surface area contributed by atoms with Gasteiger partial charge in [-0.1, -0.05) is 0 Å². The van der Waals surface area contributed by atoms with E-state index in [4.69, 9.17) is 10.5 Å². The fourth-order valence-electron chi connectivity index (χ4n) is 4.57. The largest absolute Gasteiger partial charge is 0.444 e. The summed E-state index contributed by atoms with van der Waals surface area (Å²) in [6, 6.07) is 0. The van der Waals surface area contributed by atoms with Crippen molar-refractivity contribution in [1.29, 1.82) is 0 Å². The Bertz CT molecular complexity index is 948. The first kappa shape index (κ1) is 27.0. The van der Waals surface area contributed by atoms with E-state index in [0.29, 0.717) is 25.9 Å². The predicted octanol–water partition coefficient (Wildman–Crippen LogP) is 4.34. The third kappa shape index (κ3) is 6.14. The lowest BCUT2D eigenvalue weighted by atomic mass is 9.78. The summed E-state index contributed by atoms with van der Waals surface area (Å²) in [6.45, 7) is 5.98. The van der Waals surface area contributed by atoms with Crippen LogP contribution in [0.1, 0.15) is 70.8 Å². The standard InChI is InChI=1S/C23H32F4N4O4/c1-21(2,3)35-20(33)31-10-6-13(7-11-31)16-15(24)12-29-18(17(16)28)30-19(32)14-4-8-22(34,9-5-14)23(25,26)27/h12-14,34H,4-11,28H2,1-3H3,(H,29,30,32). The first-order valence-corrected chi connectivity index (χ1v) is 11.6. The van der Waals surface area contributed by atoms with Crippen LogP contribution in [0.25, 0.3) is 0 Å². The fraction of sp³-hybridized carbons (Fsp3) is 0.696. The van der Waals surface area contributed by atoms with Gasteiger partial charge in [0.1, 0.15) is 11.4 Å². The topological polar surface area (TPSA) is 118 Å². The lowest BCUT2D eigenvalue weighted by Crippen LogP contribution is -2.48. The van der Waals surface area contributed by atoms with Crippen molar-refractivity contribution < 1.29 is 37.0 Å². The zero-order valence-corrected chi connectivity index (χ0v) is 20.0. The van der Waals surface area contributed by atoms with Crippen LogP contribution in [0.5, 0.6) is 0 Å². The van der Waals surface area contributed by atoms with Crippen LogP contribution in [0.4, 0.5) is 33.9 Å². The van der Waals surface area contributed by atoms with Crippen molar-refractivity contribution in [1.82, 2.24) is 9.88 Å². The summed E-state index contributed by atoms with van der Waals surface area (Å²) in [5.74, 6) is -2.35. The highest BCUT2D eigenvalue weighted by atomic mass is 19.4. The Hall–Kier alpha value is -2.63. The Balaban J connectivity index is 1.65. The van der Waals surface area contributed by atoms with E-state index >= 15 is 0 Å². The molecule has 1 aliphatic carbocycles. The number of alkyl halides is 3. The molecular weight excluding hydrogens is 472 g/mol. The summed E-state index contributed by atoms with van der Waals surface area (Å²) in [6.07, 6.45) is -4.87. The Morgan fingerprint density at radius 1 is 1.17 bits per heavy atom. The van der Waals surface area contributed by atoms with E-state index < -0.39 is 54.0 Å². The van der Waals surface area contributed by atoms with Crippen LogP contribution < -0.4 is 11.1 Å². The van der Waals surface area contributed by atoms with E-state index in [0.717, 1.165) is 6.20 Å². The van der Waals surface area contributed by atoms with E-state index in [2.05, 4.69) is 10.3 Å². The number of rotatable bonds is 3. The minimum Gasteiger partial charge on any atom is -0.444 e. The maximum absolute atomic E-state index is 14.7. The second-order valence-corrected chi connectivity index (χ2v) is 10.3. The number of ether oxygens (including phenoxy) is 1. The van der Waals surface area contributed by atoms with Crippen molar-refractivity contribution >= 4 is 23.5 Å². The summed E-state index contributed by atoms with van der Waals surface area (Å²) in [7, 11) is 0. The Morgan fingerprint density at radius 2 is 1.74 bits per heavy atom. The number of carbonyl (C=O) groups is 2. The predicted molar refractivity (Wildman–Crippen MR) is 120 cm³/mol. The van der Waals surface area contributed by atoms with E-state index in [9.17, 15) is 32.3 Å². The first-order chi connectivity index (χ1) is 16.1. The molecule has 0 unspecified atom stereocenters. The number of amides is 2. The smallest absolute Gasteiger partial charge is 0.417 e. The highest BCUT2D eigenvalue weighted by molar-refractivity contribution is 5.94. The SMILES string of the molecule is CC(C)(C)OC(=O)N1CCC(c2c(F)cnc(NC(=O)C3CCC(O)(C(F)(F)F)CC3)c2N)CC1. The molecule has 35 heavy (non-hydrogen) atoms. The van der Waals surface area contributed by atoms with Crippen molar-refractivity contribution in [2.75, 3.05) is 24.1 Å². The number of hydrogen-bond acceptors (Lipinski definition) is 6. The minimum atomic E-state index is -4.76. The molecule has 0 spiro atoms. The molecule has 196 valence electrons. The van der Waals surface area contributed by atoms with E-state index in [1.807, 2.05) is 0 Å². The monoisotopic (exact) mass is 504 g/mol. The zero-order chi connectivity index (χ0) is 26.2. The van der Waals surface area contributed by atoms with Crippen LogP contribution in [0.15, 0.2) is 6.20 Å². The maximum atomic E-state index is 14.7. The maximum Gasteiger partial charge on any atom is 0.417 e. The highest BCUT2D eigenvalue weighted by Crippen LogP contribution is 2.43. The molecule has 2 aliphatic rings. The number of hydrogen-bond donors (Lipinski definition) is 3. The highest BCUT2D eigenvalue weighted by Gasteiger charge is 2.55. The van der Waals surface area contributed by atoms with Gasteiger partial charge < -0.3 is 25.8 Å². The van der Waals surface area contributed by atoms with Crippen LogP contribution in [-0.2, 0) is 9.53 Å². The molecule has 0 radical (unpaired) electrons. The number of nitrogens with two attached hydrogens (primary N) is 1. The van der Waals surface area contributed by atoms with Crippen molar-refractivity contribution in [3.05, 3.63) is 17.6 Å². The molecule has 2 heterocycles. The molecule has 3 rings (SSSR count). The second kappa shape index (κ2) is 9.79. The fourth-order valence-corrected chi connectivity index (χ4v) is 4.57. The lowest BCUT2D eigenvalue weighted by Gasteiger charge is -2.36. The molecule has 1 aliphatic heterocycles. The molecule has 12 heteroatoms.